The van der Waals surface area contributed by atoms with E-state index in [1.54, 1.807) is 23.1 Å². The van der Waals surface area contributed by atoms with Crippen molar-refractivity contribution in [1.82, 2.24) is 25.0 Å². The Balaban J connectivity index is 0.00000225. The first-order valence-electron chi connectivity index (χ1n) is 8.34. The van der Waals surface area contributed by atoms with Gasteiger partial charge in [0.05, 0.1) is 0 Å². The van der Waals surface area contributed by atoms with E-state index in [4.69, 9.17) is 0 Å². The van der Waals surface area contributed by atoms with Crippen LogP contribution < -0.4 is 5.32 Å². The van der Waals surface area contributed by atoms with Crippen molar-refractivity contribution in [2.75, 3.05) is 19.6 Å². The van der Waals surface area contributed by atoms with E-state index in [0.717, 1.165) is 19.5 Å². The Morgan fingerprint density at radius 3 is 2.84 bits per heavy atom. The molecule has 1 aromatic carbocycles. The molecule has 1 fully saturated rings. The smallest absolute Gasteiger partial charge is 0.293 e. The van der Waals surface area contributed by atoms with Crippen molar-refractivity contribution in [3.8, 4) is 5.69 Å². The molecule has 8 heteroatoms. The third kappa shape index (κ3) is 3.99. The monoisotopic (exact) mass is 367 g/mol. The number of piperazine rings is 1. The lowest BCUT2D eigenvalue weighted by atomic mass is 10.2. The molecule has 2 heterocycles. The second-order valence-corrected chi connectivity index (χ2v) is 6.02. The fourth-order valence-corrected chi connectivity index (χ4v) is 2.91. The van der Waals surface area contributed by atoms with E-state index in [9.17, 15) is 9.18 Å². The van der Waals surface area contributed by atoms with Crippen LogP contribution in [0.5, 0.6) is 0 Å². The largest absolute Gasteiger partial charge is 0.331 e. The topological polar surface area (TPSA) is 63.1 Å². The number of aromatic nitrogens is 3. The van der Waals surface area contributed by atoms with Crippen molar-refractivity contribution in [1.29, 1.82) is 0 Å². The number of amides is 1. The van der Waals surface area contributed by atoms with Gasteiger partial charge < -0.3 is 10.2 Å². The summed E-state index contributed by atoms with van der Waals surface area (Å²) in [5.74, 6) is 0.162. The molecule has 136 valence electrons. The molecule has 1 aromatic heterocycles. The van der Waals surface area contributed by atoms with E-state index >= 15 is 0 Å². The number of para-hydroxylation sites is 1. The van der Waals surface area contributed by atoms with Gasteiger partial charge in [0, 0.05) is 32.1 Å². The molecule has 6 nitrogen and oxygen atoms in total. The molecule has 3 rings (SSSR count). The third-order valence-electron chi connectivity index (χ3n) is 4.18. The number of halogens is 2. The van der Waals surface area contributed by atoms with Gasteiger partial charge in [-0.05, 0) is 25.5 Å². The highest BCUT2D eigenvalue weighted by atomic mass is 35.5. The van der Waals surface area contributed by atoms with Gasteiger partial charge in [0.15, 0.2) is 0 Å². The van der Waals surface area contributed by atoms with Gasteiger partial charge in [-0.25, -0.2) is 14.1 Å². The van der Waals surface area contributed by atoms with E-state index < -0.39 is 0 Å². The van der Waals surface area contributed by atoms with Crippen LogP contribution in [0.2, 0.25) is 0 Å². The number of hydrogen-bond acceptors (Lipinski definition) is 4. The highest BCUT2D eigenvalue weighted by Gasteiger charge is 2.28. The molecule has 1 aliphatic heterocycles. The van der Waals surface area contributed by atoms with Gasteiger partial charge in [-0.2, -0.15) is 0 Å². The van der Waals surface area contributed by atoms with Crippen LogP contribution in [0.4, 0.5) is 4.39 Å². The van der Waals surface area contributed by atoms with Gasteiger partial charge in [0.1, 0.15) is 17.3 Å². The minimum atomic E-state index is -0.380. The van der Waals surface area contributed by atoms with E-state index in [0.29, 0.717) is 24.5 Å². The normalized spacial score (nSPS) is 17.2. The van der Waals surface area contributed by atoms with Crippen molar-refractivity contribution in [2.24, 2.45) is 0 Å². The summed E-state index contributed by atoms with van der Waals surface area (Å²) in [5, 5.41) is 7.57. The van der Waals surface area contributed by atoms with Crippen LogP contribution in [-0.4, -0.2) is 51.2 Å². The lowest BCUT2D eigenvalue weighted by molar-refractivity contribution is 0.0643. The van der Waals surface area contributed by atoms with E-state index in [-0.39, 0.29) is 36.0 Å². The van der Waals surface area contributed by atoms with E-state index in [1.165, 1.54) is 10.7 Å². The quantitative estimate of drug-likeness (QED) is 0.900. The lowest BCUT2D eigenvalue weighted by Crippen LogP contribution is -2.52. The Labute approximate surface area is 152 Å². The average molecular weight is 368 g/mol. The summed E-state index contributed by atoms with van der Waals surface area (Å²) in [7, 11) is 0. The van der Waals surface area contributed by atoms with Crippen molar-refractivity contribution in [3.63, 3.8) is 0 Å². The highest BCUT2D eigenvalue weighted by molar-refractivity contribution is 5.90. The summed E-state index contributed by atoms with van der Waals surface area (Å²) < 4.78 is 15.6. The molecule has 1 saturated heterocycles. The Bertz CT molecular complexity index is 736. The Kier molecular flexibility index (Phi) is 6.50. The molecule has 1 N–H and O–H groups in total. The standard InChI is InChI=1S/C17H22FN5O.ClH/c1-3-6-15-20-16(17(24)22-10-9-19-11-12(22)2)21-23(15)14-8-5-4-7-13(14)18;/h4-5,7-8,12,19H,3,6,9-11H2,1-2H3;1H. The maximum absolute atomic E-state index is 14.1. The van der Waals surface area contributed by atoms with Gasteiger partial charge in [-0.3, -0.25) is 4.79 Å². The molecular formula is C17H23ClFN5O. The van der Waals surface area contributed by atoms with Crippen LogP contribution in [0.3, 0.4) is 0 Å². The summed E-state index contributed by atoms with van der Waals surface area (Å²) in [4.78, 5) is 18.9. The third-order valence-corrected chi connectivity index (χ3v) is 4.18. The van der Waals surface area contributed by atoms with Crippen LogP contribution in [-0.2, 0) is 6.42 Å². The maximum atomic E-state index is 14.1. The minimum absolute atomic E-state index is 0. The summed E-state index contributed by atoms with van der Waals surface area (Å²) >= 11 is 0. The summed E-state index contributed by atoms with van der Waals surface area (Å²) in [6, 6.07) is 6.48. The SMILES string of the molecule is CCCc1nc(C(=O)N2CCNCC2C)nn1-c1ccccc1F.Cl. The van der Waals surface area contributed by atoms with Crippen LogP contribution in [0.1, 0.15) is 36.7 Å². The molecule has 0 aliphatic carbocycles. The zero-order valence-electron chi connectivity index (χ0n) is 14.4. The van der Waals surface area contributed by atoms with Gasteiger partial charge in [0.2, 0.25) is 5.82 Å². The Hall–Kier alpha value is -1.99. The lowest BCUT2D eigenvalue weighted by Gasteiger charge is -2.33. The zero-order valence-corrected chi connectivity index (χ0v) is 15.2. The van der Waals surface area contributed by atoms with Crippen molar-refractivity contribution in [3.05, 3.63) is 41.7 Å². The van der Waals surface area contributed by atoms with Gasteiger partial charge in [-0.15, -0.1) is 17.5 Å². The molecule has 0 bridgehead atoms. The van der Waals surface area contributed by atoms with Crippen LogP contribution in [0.25, 0.3) is 5.69 Å². The van der Waals surface area contributed by atoms with Crippen LogP contribution in [0, 0.1) is 5.82 Å². The minimum Gasteiger partial charge on any atom is -0.331 e. The summed E-state index contributed by atoms with van der Waals surface area (Å²) in [5.41, 5.74) is 0.320. The molecule has 0 radical (unpaired) electrons. The average Bonchev–Trinajstić information content (AvgIpc) is 2.99. The second kappa shape index (κ2) is 8.40. The predicted molar refractivity (Wildman–Crippen MR) is 95.9 cm³/mol. The van der Waals surface area contributed by atoms with E-state index in [2.05, 4.69) is 15.4 Å². The number of benzene rings is 1. The fourth-order valence-electron chi connectivity index (χ4n) is 2.91. The molecule has 1 atom stereocenters. The van der Waals surface area contributed by atoms with Crippen LogP contribution >= 0.6 is 12.4 Å². The fraction of sp³-hybridized carbons (Fsp3) is 0.471. The molecule has 2 aromatic rings. The zero-order chi connectivity index (χ0) is 17.1. The second-order valence-electron chi connectivity index (χ2n) is 6.02. The van der Waals surface area contributed by atoms with Gasteiger partial charge >= 0.3 is 0 Å². The summed E-state index contributed by atoms with van der Waals surface area (Å²) in [6.07, 6.45) is 1.47. The van der Waals surface area contributed by atoms with Crippen molar-refractivity contribution >= 4 is 18.3 Å². The number of carbonyl (C=O) groups is 1. The number of nitrogens with one attached hydrogen (secondary N) is 1. The van der Waals surface area contributed by atoms with Crippen molar-refractivity contribution in [2.45, 2.75) is 32.7 Å². The molecular weight excluding hydrogens is 345 g/mol. The molecule has 1 unspecified atom stereocenters. The predicted octanol–water partition coefficient (Wildman–Crippen LogP) is 2.21. The number of nitrogens with zero attached hydrogens (tertiary/aromatic N) is 4. The van der Waals surface area contributed by atoms with E-state index in [1.807, 2.05) is 13.8 Å². The molecule has 0 saturated carbocycles. The number of rotatable bonds is 4. The first-order chi connectivity index (χ1) is 11.6. The van der Waals surface area contributed by atoms with Crippen molar-refractivity contribution < 1.29 is 9.18 Å². The first kappa shape index (κ1) is 19.3. The first-order valence-corrected chi connectivity index (χ1v) is 8.34. The number of carbonyl (C=O) groups excluding carboxylic acids is 1. The maximum Gasteiger partial charge on any atom is 0.293 e. The molecule has 1 aliphatic rings. The molecule has 25 heavy (non-hydrogen) atoms. The summed E-state index contributed by atoms with van der Waals surface area (Å²) in [6.45, 7) is 6.13. The molecule has 0 spiro atoms. The number of hydrogen-bond donors (Lipinski definition) is 1. The van der Waals surface area contributed by atoms with Gasteiger partial charge in [0.25, 0.3) is 5.91 Å². The highest BCUT2D eigenvalue weighted by Crippen LogP contribution is 2.16. The Morgan fingerprint density at radius 2 is 2.16 bits per heavy atom. The Morgan fingerprint density at radius 1 is 1.40 bits per heavy atom. The van der Waals surface area contributed by atoms with Crippen LogP contribution in [0.15, 0.2) is 24.3 Å². The molecule has 1 amide bonds. The number of aryl methyl sites for hydroxylation is 1. The van der Waals surface area contributed by atoms with Gasteiger partial charge in [-0.1, -0.05) is 19.1 Å².